The summed E-state index contributed by atoms with van der Waals surface area (Å²) in [6.45, 7) is 4.21. The van der Waals surface area contributed by atoms with E-state index >= 15 is 0 Å². The third-order valence-electron chi connectivity index (χ3n) is 3.68. The highest BCUT2D eigenvalue weighted by molar-refractivity contribution is 5.45. The van der Waals surface area contributed by atoms with Gasteiger partial charge in [-0.05, 0) is 19.9 Å². The maximum absolute atomic E-state index is 10.1. The zero-order valence-corrected chi connectivity index (χ0v) is 10.6. The van der Waals surface area contributed by atoms with E-state index in [0.717, 1.165) is 23.4 Å². The van der Waals surface area contributed by atoms with Gasteiger partial charge in [0.15, 0.2) is 0 Å². The van der Waals surface area contributed by atoms with E-state index in [1.807, 2.05) is 18.2 Å². The van der Waals surface area contributed by atoms with Crippen LogP contribution in [0.3, 0.4) is 0 Å². The summed E-state index contributed by atoms with van der Waals surface area (Å²) in [5.74, 6) is 0.301. The molecule has 3 N–H and O–H groups in total. The van der Waals surface area contributed by atoms with Crippen molar-refractivity contribution in [3.05, 3.63) is 47.5 Å². The van der Waals surface area contributed by atoms with Gasteiger partial charge in [0.2, 0.25) is 0 Å². The van der Waals surface area contributed by atoms with E-state index in [4.69, 9.17) is 0 Å². The number of H-pyrrole nitrogens is 1. The van der Waals surface area contributed by atoms with Crippen molar-refractivity contribution in [2.24, 2.45) is 0 Å². The second-order valence-corrected chi connectivity index (χ2v) is 5.12. The molecule has 0 bridgehead atoms. The number of para-hydroxylation sites is 1. The topological polar surface area (TPSA) is 60.9 Å². The van der Waals surface area contributed by atoms with Gasteiger partial charge in [0.25, 0.3) is 0 Å². The Morgan fingerprint density at radius 3 is 2.94 bits per heavy atom. The van der Waals surface area contributed by atoms with Crippen LogP contribution in [0.5, 0.6) is 5.75 Å². The molecule has 1 aliphatic rings. The standard InChI is InChI=1S/C14H17N3O/c1-9-7-11-13(16-8-15-11)14(2,17-9)10-5-3-4-6-12(10)18/h3-6,8-9,17-18H,7H2,1-2H3,(H,15,16)/t9-,14?/m1/s1. The van der Waals surface area contributed by atoms with Crippen molar-refractivity contribution in [2.45, 2.75) is 31.8 Å². The number of fused-ring (bicyclic) bond motifs is 1. The number of aromatic amines is 1. The fraction of sp³-hybridized carbons (Fsp3) is 0.357. The normalized spacial score (nSPS) is 26.9. The van der Waals surface area contributed by atoms with Gasteiger partial charge in [-0.25, -0.2) is 4.98 Å². The van der Waals surface area contributed by atoms with Crippen molar-refractivity contribution < 1.29 is 5.11 Å². The predicted molar refractivity (Wildman–Crippen MR) is 69.5 cm³/mol. The number of benzene rings is 1. The molecule has 0 aliphatic carbocycles. The maximum atomic E-state index is 10.1. The lowest BCUT2D eigenvalue weighted by Crippen LogP contribution is -2.50. The first-order valence-electron chi connectivity index (χ1n) is 6.20. The molecular formula is C14H17N3O. The molecular weight excluding hydrogens is 226 g/mol. The third-order valence-corrected chi connectivity index (χ3v) is 3.68. The first kappa shape index (κ1) is 11.3. The SMILES string of the molecule is C[C@@H]1Cc2[nH]cnc2C(C)(c2ccccc2O)N1. The minimum atomic E-state index is -0.446. The zero-order valence-electron chi connectivity index (χ0n) is 10.6. The number of rotatable bonds is 1. The van der Waals surface area contributed by atoms with Crippen molar-refractivity contribution in [1.29, 1.82) is 0 Å². The summed E-state index contributed by atoms with van der Waals surface area (Å²) in [5.41, 5.74) is 2.54. The fourth-order valence-corrected chi connectivity index (χ4v) is 2.93. The van der Waals surface area contributed by atoms with E-state index in [9.17, 15) is 5.11 Å². The van der Waals surface area contributed by atoms with Crippen LogP contribution in [-0.2, 0) is 12.0 Å². The number of nitrogens with zero attached hydrogens (tertiary/aromatic N) is 1. The number of aromatic nitrogens is 2. The van der Waals surface area contributed by atoms with E-state index in [2.05, 4.69) is 29.1 Å². The van der Waals surface area contributed by atoms with Crippen molar-refractivity contribution in [1.82, 2.24) is 15.3 Å². The second-order valence-electron chi connectivity index (χ2n) is 5.12. The summed E-state index contributed by atoms with van der Waals surface area (Å²) in [7, 11) is 0. The van der Waals surface area contributed by atoms with Crippen LogP contribution in [0, 0.1) is 0 Å². The molecule has 1 aliphatic heterocycles. The molecule has 94 valence electrons. The number of imidazole rings is 1. The Bertz CT molecular complexity index is 578. The van der Waals surface area contributed by atoms with Gasteiger partial charge in [0.1, 0.15) is 5.75 Å². The molecule has 3 rings (SSSR count). The Morgan fingerprint density at radius 2 is 2.17 bits per heavy atom. The van der Waals surface area contributed by atoms with E-state index in [0.29, 0.717) is 11.8 Å². The minimum Gasteiger partial charge on any atom is -0.508 e. The van der Waals surface area contributed by atoms with Crippen LogP contribution in [0.25, 0.3) is 0 Å². The summed E-state index contributed by atoms with van der Waals surface area (Å²) in [4.78, 5) is 7.63. The van der Waals surface area contributed by atoms with Gasteiger partial charge in [0, 0.05) is 23.7 Å². The molecule has 0 radical (unpaired) electrons. The Morgan fingerprint density at radius 1 is 1.39 bits per heavy atom. The van der Waals surface area contributed by atoms with E-state index < -0.39 is 5.54 Å². The largest absolute Gasteiger partial charge is 0.508 e. The van der Waals surface area contributed by atoms with Gasteiger partial charge >= 0.3 is 0 Å². The van der Waals surface area contributed by atoms with Gasteiger partial charge in [-0.2, -0.15) is 0 Å². The highest BCUT2D eigenvalue weighted by atomic mass is 16.3. The van der Waals surface area contributed by atoms with E-state index in [1.54, 1.807) is 12.4 Å². The Kier molecular flexibility index (Phi) is 2.41. The number of phenolic OH excluding ortho intramolecular Hbond substituents is 1. The summed E-state index contributed by atoms with van der Waals surface area (Å²) < 4.78 is 0. The molecule has 2 aromatic rings. The lowest BCUT2D eigenvalue weighted by molar-refractivity contribution is 0.330. The van der Waals surface area contributed by atoms with Crippen LogP contribution in [-0.4, -0.2) is 21.1 Å². The Labute approximate surface area is 106 Å². The minimum absolute atomic E-state index is 0.301. The fourth-order valence-electron chi connectivity index (χ4n) is 2.93. The van der Waals surface area contributed by atoms with Gasteiger partial charge in [-0.15, -0.1) is 0 Å². The number of nitrogens with one attached hydrogen (secondary N) is 2. The summed E-state index contributed by atoms with van der Waals surface area (Å²) in [6.07, 6.45) is 2.65. The second kappa shape index (κ2) is 3.85. The van der Waals surface area contributed by atoms with Crippen LogP contribution in [0.15, 0.2) is 30.6 Å². The first-order valence-corrected chi connectivity index (χ1v) is 6.20. The average molecular weight is 243 g/mol. The number of hydrogen-bond donors (Lipinski definition) is 3. The van der Waals surface area contributed by atoms with Crippen LogP contribution in [0.2, 0.25) is 0 Å². The molecule has 4 heteroatoms. The van der Waals surface area contributed by atoms with Crippen molar-refractivity contribution in [3.8, 4) is 5.75 Å². The average Bonchev–Trinajstić information content (AvgIpc) is 2.78. The van der Waals surface area contributed by atoms with Crippen LogP contribution >= 0.6 is 0 Å². The molecule has 2 heterocycles. The molecule has 2 atom stereocenters. The lowest BCUT2D eigenvalue weighted by atomic mass is 9.82. The Hall–Kier alpha value is -1.81. The summed E-state index contributed by atoms with van der Waals surface area (Å²) in [6, 6.07) is 7.77. The number of hydrogen-bond acceptors (Lipinski definition) is 3. The van der Waals surface area contributed by atoms with Gasteiger partial charge < -0.3 is 10.1 Å². The van der Waals surface area contributed by atoms with Gasteiger partial charge in [-0.1, -0.05) is 18.2 Å². The number of aromatic hydroxyl groups is 1. The molecule has 0 fully saturated rings. The highest BCUT2D eigenvalue weighted by Gasteiger charge is 2.39. The molecule has 0 saturated heterocycles. The van der Waals surface area contributed by atoms with Gasteiger partial charge in [0.05, 0.1) is 17.6 Å². The van der Waals surface area contributed by atoms with Crippen molar-refractivity contribution >= 4 is 0 Å². The van der Waals surface area contributed by atoms with E-state index in [-0.39, 0.29) is 0 Å². The summed E-state index contributed by atoms with van der Waals surface area (Å²) >= 11 is 0. The van der Waals surface area contributed by atoms with Crippen molar-refractivity contribution in [3.63, 3.8) is 0 Å². The van der Waals surface area contributed by atoms with E-state index in [1.165, 1.54) is 0 Å². The lowest BCUT2D eigenvalue weighted by Gasteiger charge is -2.38. The monoisotopic (exact) mass is 243 g/mol. The van der Waals surface area contributed by atoms with Gasteiger partial charge in [-0.3, -0.25) is 5.32 Å². The molecule has 1 aromatic carbocycles. The molecule has 4 nitrogen and oxygen atoms in total. The summed E-state index contributed by atoms with van der Waals surface area (Å²) in [5, 5.41) is 13.6. The number of phenols is 1. The maximum Gasteiger partial charge on any atom is 0.121 e. The van der Waals surface area contributed by atoms with Crippen LogP contribution in [0.4, 0.5) is 0 Å². The Balaban J connectivity index is 2.19. The highest BCUT2D eigenvalue weighted by Crippen LogP contribution is 2.38. The zero-order chi connectivity index (χ0) is 12.8. The molecule has 0 amide bonds. The third kappa shape index (κ3) is 1.53. The molecule has 0 saturated carbocycles. The smallest absolute Gasteiger partial charge is 0.121 e. The molecule has 1 unspecified atom stereocenters. The molecule has 18 heavy (non-hydrogen) atoms. The van der Waals surface area contributed by atoms with Crippen LogP contribution in [0.1, 0.15) is 30.8 Å². The van der Waals surface area contributed by atoms with Crippen molar-refractivity contribution in [2.75, 3.05) is 0 Å². The molecule has 1 aromatic heterocycles. The van der Waals surface area contributed by atoms with Crippen LogP contribution < -0.4 is 5.32 Å². The first-order chi connectivity index (χ1) is 8.61. The predicted octanol–water partition coefficient (Wildman–Crippen LogP) is 1.91. The molecule has 0 spiro atoms. The quantitative estimate of drug-likeness (QED) is 0.717.